The van der Waals surface area contributed by atoms with Crippen LogP contribution in [0, 0.1) is 6.92 Å². The van der Waals surface area contributed by atoms with Crippen molar-refractivity contribution in [3.8, 4) is 5.75 Å². The summed E-state index contributed by atoms with van der Waals surface area (Å²) in [5.41, 5.74) is 6.42. The first-order chi connectivity index (χ1) is 12.1. The Kier molecular flexibility index (Phi) is 5.08. The van der Waals surface area contributed by atoms with Gasteiger partial charge in [0.2, 0.25) is 0 Å². The molecule has 25 heavy (non-hydrogen) atoms. The molecule has 0 bridgehead atoms. The van der Waals surface area contributed by atoms with E-state index < -0.39 is 0 Å². The normalized spacial score (nSPS) is 11.8. The zero-order valence-electron chi connectivity index (χ0n) is 15.4. The van der Waals surface area contributed by atoms with Gasteiger partial charge in [-0.25, -0.2) is 0 Å². The first kappa shape index (κ1) is 17.1. The molecule has 128 valence electrons. The molecule has 0 heterocycles. The van der Waals surface area contributed by atoms with Gasteiger partial charge < -0.3 is 9.64 Å². The second kappa shape index (κ2) is 7.43. The van der Waals surface area contributed by atoms with Crippen LogP contribution in [0.25, 0.3) is 0 Å². The first-order valence-corrected chi connectivity index (χ1v) is 8.57. The Labute approximate surface area is 150 Å². The molecule has 3 rings (SSSR count). The van der Waals surface area contributed by atoms with Gasteiger partial charge in [0.05, 0.1) is 7.11 Å². The van der Waals surface area contributed by atoms with E-state index in [1.807, 2.05) is 12.1 Å². The Hall–Kier alpha value is -2.74. The van der Waals surface area contributed by atoms with E-state index in [-0.39, 0.29) is 5.92 Å². The summed E-state index contributed by atoms with van der Waals surface area (Å²) in [7, 11) is 5.84. The summed E-state index contributed by atoms with van der Waals surface area (Å²) in [5, 5.41) is 0. The molecule has 3 aromatic rings. The van der Waals surface area contributed by atoms with Crippen LogP contribution in [0.3, 0.4) is 0 Å². The molecule has 3 aromatic carbocycles. The van der Waals surface area contributed by atoms with E-state index in [1.165, 1.54) is 27.9 Å². The van der Waals surface area contributed by atoms with Crippen LogP contribution in [0.4, 0.5) is 5.69 Å². The molecule has 0 spiro atoms. The fourth-order valence-corrected chi connectivity index (χ4v) is 3.22. The molecule has 0 amide bonds. The molecule has 0 saturated carbocycles. The van der Waals surface area contributed by atoms with Gasteiger partial charge in [0.25, 0.3) is 0 Å². The molecule has 2 heteroatoms. The maximum absolute atomic E-state index is 5.32. The molecular weight excluding hydrogens is 306 g/mol. The minimum atomic E-state index is 0.211. The Balaban J connectivity index is 2.09. The quantitative estimate of drug-likeness (QED) is 0.592. The number of anilines is 1. The van der Waals surface area contributed by atoms with E-state index in [0.29, 0.717) is 0 Å². The summed E-state index contributed by atoms with van der Waals surface area (Å²) < 4.78 is 5.32. The number of rotatable bonds is 5. The van der Waals surface area contributed by atoms with Gasteiger partial charge in [-0.1, -0.05) is 48.5 Å². The highest BCUT2D eigenvalue weighted by molar-refractivity contribution is 5.52. The molecule has 0 saturated heterocycles. The van der Waals surface area contributed by atoms with Crippen molar-refractivity contribution in [2.75, 3.05) is 26.1 Å². The van der Waals surface area contributed by atoms with Crippen LogP contribution in [0.2, 0.25) is 0 Å². The zero-order valence-corrected chi connectivity index (χ0v) is 15.4. The molecule has 0 radical (unpaired) electrons. The fraction of sp³-hybridized carbons (Fsp3) is 0.217. The number of aryl methyl sites for hydroxylation is 1. The Morgan fingerprint density at radius 3 is 1.84 bits per heavy atom. The van der Waals surface area contributed by atoms with Crippen LogP contribution < -0.4 is 9.64 Å². The molecule has 2 nitrogen and oxygen atoms in total. The second-order valence-corrected chi connectivity index (χ2v) is 6.55. The Morgan fingerprint density at radius 2 is 1.32 bits per heavy atom. The Morgan fingerprint density at radius 1 is 0.760 bits per heavy atom. The number of methoxy groups -OCH3 is 1. The van der Waals surface area contributed by atoms with Gasteiger partial charge in [0, 0.05) is 25.7 Å². The lowest BCUT2D eigenvalue weighted by Gasteiger charge is -2.22. The van der Waals surface area contributed by atoms with E-state index in [2.05, 4.69) is 86.6 Å². The maximum atomic E-state index is 5.32. The summed E-state index contributed by atoms with van der Waals surface area (Å²) in [5.74, 6) is 1.10. The van der Waals surface area contributed by atoms with E-state index in [0.717, 1.165) is 5.75 Å². The minimum absolute atomic E-state index is 0.211. The fourth-order valence-electron chi connectivity index (χ4n) is 3.22. The van der Waals surface area contributed by atoms with Crippen molar-refractivity contribution in [1.29, 1.82) is 0 Å². The highest BCUT2D eigenvalue weighted by Gasteiger charge is 2.18. The number of ether oxygens (including phenoxy) is 1. The number of nitrogens with zero attached hydrogens (tertiary/aromatic N) is 1. The van der Waals surface area contributed by atoms with Crippen molar-refractivity contribution >= 4 is 5.69 Å². The molecule has 0 aliphatic rings. The third-order valence-electron chi connectivity index (χ3n) is 4.69. The van der Waals surface area contributed by atoms with Gasteiger partial charge in [0.15, 0.2) is 0 Å². The minimum Gasteiger partial charge on any atom is -0.497 e. The van der Waals surface area contributed by atoms with Crippen molar-refractivity contribution < 1.29 is 4.74 Å². The lowest BCUT2D eigenvalue weighted by Crippen LogP contribution is -2.09. The average Bonchev–Trinajstić information content (AvgIpc) is 2.64. The molecule has 1 unspecified atom stereocenters. The second-order valence-electron chi connectivity index (χ2n) is 6.55. The van der Waals surface area contributed by atoms with Gasteiger partial charge >= 0.3 is 0 Å². The molecule has 1 atom stereocenters. The highest BCUT2D eigenvalue weighted by atomic mass is 16.5. The van der Waals surface area contributed by atoms with Crippen LogP contribution in [-0.4, -0.2) is 21.2 Å². The average molecular weight is 331 g/mol. The van der Waals surface area contributed by atoms with Crippen LogP contribution in [-0.2, 0) is 0 Å². The first-order valence-electron chi connectivity index (χ1n) is 8.57. The van der Waals surface area contributed by atoms with Gasteiger partial charge in [-0.05, 0) is 53.4 Å². The van der Waals surface area contributed by atoms with Gasteiger partial charge in [-0.2, -0.15) is 0 Å². The van der Waals surface area contributed by atoms with E-state index in [1.54, 1.807) is 7.11 Å². The third kappa shape index (κ3) is 3.69. The molecule has 0 aliphatic carbocycles. The summed E-state index contributed by atoms with van der Waals surface area (Å²) in [6.07, 6.45) is 0. The molecule has 0 aromatic heterocycles. The van der Waals surface area contributed by atoms with E-state index >= 15 is 0 Å². The third-order valence-corrected chi connectivity index (χ3v) is 4.69. The number of hydrogen-bond donors (Lipinski definition) is 0. The molecular formula is C23H25NO. The van der Waals surface area contributed by atoms with E-state index in [4.69, 9.17) is 4.74 Å². The predicted molar refractivity (Wildman–Crippen MR) is 106 cm³/mol. The molecule has 0 fully saturated rings. The SMILES string of the molecule is COc1ccc(C(c2ccc(N(C)C)cc2)c2ccccc2C)cc1. The summed E-state index contributed by atoms with van der Waals surface area (Å²) in [6.45, 7) is 2.18. The number of benzene rings is 3. The van der Waals surface area contributed by atoms with Crippen molar-refractivity contribution in [3.05, 3.63) is 95.1 Å². The Bertz CT molecular complexity index is 819. The van der Waals surface area contributed by atoms with Crippen molar-refractivity contribution in [3.63, 3.8) is 0 Å². The zero-order chi connectivity index (χ0) is 17.8. The van der Waals surface area contributed by atoms with Gasteiger partial charge in [0.1, 0.15) is 5.75 Å². The molecule has 0 N–H and O–H groups in total. The van der Waals surface area contributed by atoms with Crippen molar-refractivity contribution in [2.45, 2.75) is 12.8 Å². The predicted octanol–water partition coefficient (Wildman–Crippen LogP) is 5.25. The van der Waals surface area contributed by atoms with Gasteiger partial charge in [-0.3, -0.25) is 0 Å². The summed E-state index contributed by atoms with van der Waals surface area (Å²) in [4.78, 5) is 2.12. The molecule has 0 aliphatic heterocycles. The van der Waals surface area contributed by atoms with Gasteiger partial charge in [-0.15, -0.1) is 0 Å². The number of hydrogen-bond acceptors (Lipinski definition) is 2. The van der Waals surface area contributed by atoms with Crippen LogP contribution >= 0.6 is 0 Å². The van der Waals surface area contributed by atoms with Crippen molar-refractivity contribution in [1.82, 2.24) is 0 Å². The summed E-state index contributed by atoms with van der Waals surface area (Å²) >= 11 is 0. The van der Waals surface area contributed by atoms with E-state index in [9.17, 15) is 0 Å². The maximum Gasteiger partial charge on any atom is 0.118 e. The monoisotopic (exact) mass is 331 g/mol. The van der Waals surface area contributed by atoms with Crippen LogP contribution in [0.1, 0.15) is 28.2 Å². The van der Waals surface area contributed by atoms with Crippen LogP contribution in [0.15, 0.2) is 72.8 Å². The van der Waals surface area contributed by atoms with Crippen molar-refractivity contribution in [2.24, 2.45) is 0 Å². The van der Waals surface area contributed by atoms with Crippen LogP contribution in [0.5, 0.6) is 5.75 Å². The topological polar surface area (TPSA) is 12.5 Å². The summed E-state index contributed by atoms with van der Waals surface area (Å²) in [6, 6.07) is 25.9. The lowest BCUT2D eigenvalue weighted by atomic mass is 9.83. The lowest BCUT2D eigenvalue weighted by molar-refractivity contribution is 0.414. The standard InChI is InChI=1S/C23H25NO/c1-17-7-5-6-8-22(17)23(19-11-15-21(25-4)16-12-19)18-9-13-20(14-10-18)24(2)3/h5-16,23H,1-4H3. The smallest absolute Gasteiger partial charge is 0.118 e. The largest absolute Gasteiger partial charge is 0.497 e. The highest BCUT2D eigenvalue weighted by Crippen LogP contribution is 2.35.